The van der Waals surface area contributed by atoms with Gasteiger partial charge in [-0.2, -0.15) is 0 Å². The lowest BCUT2D eigenvalue weighted by Crippen LogP contribution is -2.44. The minimum Gasteiger partial charge on any atom is -0.317 e. The maximum atomic E-state index is 13.5. The standard InChI is InChI=1S/C22H21BrN4O3S/c1-4-14(3)27-19(24)18(31(29,30)16-9-7-15(23)8-10-16)12-17-21(27)25-20-13(2)6-5-11-26(20)22(17)28/h5-12,14,24H,4H2,1-3H3/p+1/t14-/m0/s1. The van der Waals surface area contributed by atoms with E-state index in [0.29, 0.717) is 17.7 Å². The highest BCUT2D eigenvalue weighted by molar-refractivity contribution is 9.10. The Morgan fingerprint density at radius 3 is 2.55 bits per heavy atom. The number of nitrogens with two attached hydrogens (primary N) is 1. The Morgan fingerprint density at radius 1 is 1.23 bits per heavy atom. The number of benzene rings is 1. The van der Waals surface area contributed by atoms with Crippen LogP contribution in [-0.2, 0) is 9.84 Å². The predicted octanol–water partition coefficient (Wildman–Crippen LogP) is 3.59. The Hall–Kier alpha value is -2.78. The molecule has 3 aromatic heterocycles. The number of aryl methyl sites for hydroxylation is 1. The molecule has 0 spiro atoms. The summed E-state index contributed by atoms with van der Waals surface area (Å²) in [6.07, 6.45) is 2.31. The Balaban J connectivity index is 2.17. The second-order valence-electron chi connectivity index (χ2n) is 7.52. The summed E-state index contributed by atoms with van der Waals surface area (Å²) in [5.74, 6) is 0.0644. The van der Waals surface area contributed by atoms with Gasteiger partial charge in [0.25, 0.3) is 11.2 Å². The van der Waals surface area contributed by atoms with E-state index in [9.17, 15) is 13.2 Å². The molecular weight excluding hydrogens is 480 g/mol. The van der Waals surface area contributed by atoms with E-state index in [1.54, 1.807) is 29.0 Å². The molecule has 0 aliphatic carbocycles. The summed E-state index contributed by atoms with van der Waals surface area (Å²) in [7, 11) is -3.96. The van der Waals surface area contributed by atoms with Crippen LogP contribution in [-0.4, -0.2) is 17.8 Å². The highest BCUT2D eigenvalue weighted by Crippen LogP contribution is 2.28. The van der Waals surface area contributed by atoms with Crippen molar-refractivity contribution in [3.63, 3.8) is 0 Å². The molecule has 0 aliphatic heterocycles. The van der Waals surface area contributed by atoms with Gasteiger partial charge in [0.2, 0.25) is 21.3 Å². The average molecular weight is 502 g/mol. The van der Waals surface area contributed by atoms with Crippen molar-refractivity contribution < 1.29 is 13.0 Å². The highest BCUT2D eigenvalue weighted by Gasteiger charge is 2.31. The smallest absolute Gasteiger partial charge is 0.278 e. The number of anilines is 1. The van der Waals surface area contributed by atoms with Crippen molar-refractivity contribution in [1.82, 2.24) is 9.38 Å². The van der Waals surface area contributed by atoms with E-state index in [0.717, 1.165) is 10.0 Å². The van der Waals surface area contributed by atoms with Crippen LogP contribution in [0.5, 0.6) is 0 Å². The molecule has 0 aliphatic rings. The van der Waals surface area contributed by atoms with Crippen molar-refractivity contribution in [3.8, 4) is 0 Å². The van der Waals surface area contributed by atoms with Crippen LogP contribution in [0.1, 0.15) is 31.9 Å². The fourth-order valence-electron chi connectivity index (χ4n) is 3.63. The van der Waals surface area contributed by atoms with E-state index < -0.39 is 9.84 Å². The van der Waals surface area contributed by atoms with E-state index in [1.165, 1.54) is 22.6 Å². The zero-order valence-corrected chi connectivity index (χ0v) is 19.7. The molecule has 1 atom stereocenters. The first-order chi connectivity index (χ1) is 14.7. The van der Waals surface area contributed by atoms with E-state index in [2.05, 4.69) is 15.9 Å². The SMILES string of the molecule is CC[C@H](C)[n+]1c(N)c(S(=O)(=O)c2ccc(Br)cc2)cc2c(=O)n3cccc(C)c3nc21. The van der Waals surface area contributed by atoms with Crippen molar-refractivity contribution >= 4 is 48.3 Å². The average Bonchev–Trinajstić information content (AvgIpc) is 2.74. The molecule has 0 bridgehead atoms. The second-order valence-corrected chi connectivity index (χ2v) is 10.4. The number of fused-ring (bicyclic) bond motifs is 2. The molecule has 0 amide bonds. The Morgan fingerprint density at radius 2 is 1.90 bits per heavy atom. The molecule has 160 valence electrons. The molecule has 4 rings (SSSR count). The van der Waals surface area contributed by atoms with Crippen LogP contribution in [0.25, 0.3) is 16.7 Å². The molecule has 4 aromatic rings. The van der Waals surface area contributed by atoms with Crippen molar-refractivity contribution in [1.29, 1.82) is 0 Å². The van der Waals surface area contributed by atoms with Gasteiger partial charge < -0.3 is 5.73 Å². The fraction of sp³-hybridized carbons (Fsp3) is 0.227. The number of rotatable bonds is 4. The van der Waals surface area contributed by atoms with Crippen LogP contribution in [0, 0.1) is 6.92 Å². The number of nitrogen functional groups attached to an aromatic ring is 1. The van der Waals surface area contributed by atoms with E-state index in [4.69, 9.17) is 10.7 Å². The van der Waals surface area contributed by atoms with Gasteiger partial charge in [0.1, 0.15) is 10.3 Å². The number of sulfone groups is 1. The van der Waals surface area contributed by atoms with Gasteiger partial charge in [-0.1, -0.05) is 33.9 Å². The Labute approximate surface area is 188 Å². The normalized spacial score (nSPS) is 13.0. The maximum absolute atomic E-state index is 13.5. The number of nitrogens with zero attached hydrogens (tertiary/aromatic N) is 3. The van der Waals surface area contributed by atoms with Crippen LogP contribution in [0.3, 0.4) is 0 Å². The monoisotopic (exact) mass is 501 g/mol. The quantitative estimate of drug-likeness (QED) is 0.340. The molecule has 0 saturated heterocycles. The number of hydrogen-bond acceptors (Lipinski definition) is 5. The summed E-state index contributed by atoms with van der Waals surface area (Å²) in [5, 5.41) is 0.202. The molecule has 0 radical (unpaired) electrons. The van der Waals surface area contributed by atoms with Crippen molar-refractivity contribution in [3.05, 3.63) is 69.1 Å². The van der Waals surface area contributed by atoms with Crippen LogP contribution in [0.4, 0.5) is 5.82 Å². The van der Waals surface area contributed by atoms with Gasteiger partial charge in [0.05, 0.1) is 10.9 Å². The molecule has 0 fully saturated rings. The lowest BCUT2D eigenvalue weighted by molar-refractivity contribution is -0.684. The zero-order valence-electron chi connectivity index (χ0n) is 17.3. The summed E-state index contributed by atoms with van der Waals surface area (Å²) in [6.45, 7) is 5.77. The molecule has 0 saturated carbocycles. The molecule has 1 aromatic carbocycles. The summed E-state index contributed by atoms with van der Waals surface area (Å²) in [6, 6.07) is 11.1. The predicted molar refractivity (Wildman–Crippen MR) is 123 cm³/mol. The summed E-state index contributed by atoms with van der Waals surface area (Å²) in [4.78, 5) is 18.1. The van der Waals surface area contributed by atoms with Gasteiger partial charge in [0.15, 0.2) is 0 Å². The lowest BCUT2D eigenvalue weighted by Gasteiger charge is -2.17. The minimum atomic E-state index is -3.96. The minimum absolute atomic E-state index is 0.0644. The third kappa shape index (κ3) is 3.41. The molecular formula is C22H22BrN4O3S+. The lowest BCUT2D eigenvalue weighted by atomic mass is 10.2. The molecule has 3 heterocycles. The first kappa shape index (κ1) is 21.5. The summed E-state index contributed by atoms with van der Waals surface area (Å²) in [5.41, 5.74) is 7.82. The number of aromatic nitrogens is 3. The van der Waals surface area contributed by atoms with Crippen LogP contribution >= 0.6 is 15.9 Å². The van der Waals surface area contributed by atoms with Gasteiger partial charge in [-0.15, -0.1) is 0 Å². The first-order valence-electron chi connectivity index (χ1n) is 9.83. The summed E-state index contributed by atoms with van der Waals surface area (Å²) < 4.78 is 30.8. The van der Waals surface area contributed by atoms with Crippen molar-refractivity contribution in [2.75, 3.05) is 5.73 Å². The largest absolute Gasteiger partial charge is 0.317 e. The number of pyridine rings is 2. The van der Waals surface area contributed by atoms with E-state index >= 15 is 0 Å². The number of halogens is 1. The van der Waals surface area contributed by atoms with Crippen LogP contribution < -0.4 is 15.9 Å². The maximum Gasteiger partial charge on any atom is 0.278 e. The zero-order chi connectivity index (χ0) is 22.5. The van der Waals surface area contributed by atoms with Crippen molar-refractivity contribution in [2.45, 2.75) is 43.0 Å². The van der Waals surface area contributed by atoms with Gasteiger partial charge in [0, 0.05) is 16.2 Å². The van der Waals surface area contributed by atoms with Crippen LogP contribution in [0.15, 0.2) is 67.7 Å². The highest BCUT2D eigenvalue weighted by atomic mass is 79.9. The van der Waals surface area contributed by atoms with Gasteiger partial charge in [-0.3, -0.25) is 9.20 Å². The Kier molecular flexibility index (Phi) is 5.35. The van der Waals surface area contributed by atoms with Gasteiger partial charge >= 0.3 is 0 Å². The third-order valence-electron chi connectivity index (χ3n) is 5.52. The molecule has 2 N–H and O–H groups in total. The second kappa shape index (κ2) is 7.72. The summed E-state index contributed by atoms with van der Waals surface area (Å²) >= 11 is 3.32. The third-order valence-corrected chi connectivity index (χ3v) is 7.85. The Bertz CT molecular complexity index is 1500. The molecule has 31 heavy (non-hydrogen) atoms. The molecule has 9 heteroatoms. The molecule has 0 unspecified atom stereocenters. The van der Waals surface area contributed by atoms with E-state index in [-0.39, 0.29) is 32.6 Å². The van der Waals surface area contributed by atoms with Gasteiger partial charge in [-0.05, 0) is 56.7 Å². The van der Waals surface area contributed by atoms with Gasteiger partial charge in [-0.25, -0.2) is 13.0 Å². The topological polar surface area (TPSA) is 98.4 Å². The fourth-order valence-corrected chi connectivity index (χ4v) is 5.29. The first-order valence-corrected chi connectivity index (χ1v) is 12.1. The van der Waals surface area contributed by atoms with E-state index in [1.807, 2.05) is 26.8 Å². The van der Waals surface area contributed by atoms with Crippen molar-refractivity contribution in [2.24, 2.45) is 0 Å². The van der Waals surface area contributed by atoms with Crippen LogP contribution in [0.2, 0.25) is 0 Å². The molecule has 7 nitrogen and oxygen atoms in total. The number of hydrogen-bond donors (Lipinski definition) is 1.